The zero-order valence-corrected chi connectivity index (χ0v) is 11.8. The van der Waals surface area contributed by atoms with Crippen molar-refractivity contribution in [3.8, 4) is 0 Å². The SMILES string of the molecule is Nc1cc(Cl)c(NCC2Cc3ccccc32)c(Cl)c1. The van der Waals surface area contributed by atoms with Crippen molar-refractivity contribution in [3.05, 3.63) is 57.6 Å². The van der Waals surface area contributed by atoms with E-state index in [1.165, 1.54) is 11.1 Å². The van der Waals surface area contributed by atoms with Crippen LogP contribution >= 0.6 is 23.2 Å². The van der Waals surface area contributed by atoms with Gasteiger partial charge in [-0.05, 0) is 29.7 Å². The largest absolute Gasteiger partial charge is 0.399 e. The van der Waals surface area contributed by atoms with E-state index in [1.807, 2.05) is 0 Å². The van der Waals surface area contributed by atoms with Crippen molar-refractivity contribution in [1.29, 1.82) is 0 Å². The summed E-state index contributed by atoms with van der Waals surface area (Å²) in [7, 11) is 0. The molecule has 0 saturated heterocycles. The van der Waals surface area contributed by atoms with Gasteiger partial charge in [-0.1, -0.05) is 47.5 Å². The molecule has 4 heteroatoms. The maximum atomic E-state index is 6.15. The zero-order chi connectivity index (χ0) is 13.4. The molecule has 0 bridgehead atoms. The molecule has 1 unspecified atom stereocenters. The Labute approximate surface area is 122 Å². The highest BCUT2D eigenvalue weighted by Gasteiger charge is 2.25. The summed E-state index contributed by atoms with van der Waals surface area (Å²) >= 11 is 12.3. The van der Waals surface area contributed by atoms with Crippen LogP contribution in [0.1, 0.15) is 17.0 Å². The molecule has 2 nitrogen and oxygen atoms in total. The summed E-state index contributed by atoms with van der Waals surface area (Å²) < 4.78 is 0. The normalized spacial score (nSPS) is 16.6. The first-order valence-electron chi connectivity index (χ1n) is 6.21. The van der Waals surface area contributed by atoms with Crippen molar-refractivity contribution >= 4 is 34.6 Å². The van der Waals surface area contributed by atoms with E-state index in [0.717, 1.165) is 18.7 Å². The van der Waals surface area contributed by atoms with Crippen LogP contribution in [0.25, 0.3) is 0 Å². The zero-order valence-electron chi connectivity index (χ0n) is 10.3. The Hall–Kier alpha value is -1.38. The number of benzene rings is 2. The summed E-state index contributed by atoms with van der Waals surface area (Å²) in [5.41, 5.74) is 9.88. The Bertz CT molecular complexity index is 602. The fourth-order valence-corrected chi connectivity index (χ4v) is 3.17. The summed E-state index contributed by atoms with van der Waals surface area (Å²) in [4.78, 5) is 0. The van der Waals surface area contributed by atoms with Crippen molar-refractivity contribution in [2.24, 2.45) is 0 Å². The highest BCUT2D eigenvalue weighted by atomic mass is 35.5. The van der Waals surface area contributed by atoms with Gasteiger partial charge < -0.3 is 11.1 Å². The van der Waals surface area contributed by atoms with Crippen LogP contribution < -0.4 is 11.1 Å². The molecule has 2 aromatic carbocycles. The Morgan fingerprint density at radius 2 is 1.84 bits per heavy atom. The monoisotopic (exact) mass is 292 g/mol. The predicted molar refractivity (Wildman–Crippen MR) is 82.3 cm³/mol. The molecule has 0 aliphatic heterocycles. The van der Waals surface area contributed by atoms with Gasteiger partial charge in [0.15, 0.2) is 0 Å². The molecular weight excluding hydrogens is 279 g/mol. The molecule has 0 spiro atoms. The standard InChI is InChI=1S/C15H14Cl2N2/c16-13-6-11(18)7-14(17)15(13)19-8-10-5-9-3-1-2-4-12(9)10/h1-4,6-7,10,19H,5,8,18H2. The number of anilines is 2. The Morgan fingerprint density at radius 3 is 2.53 bits per heavy atom. The lowest BCUT2D eigenvalue weighted by Crippen LogP contribution is -2.24. The second kappa shape index (κ2) is 4.95. The number of rotatable bonds is 3. The van der Waals surface area contributed by atoms with Gasteiger partial charge in [0.1, 0.15) is 0 Å². The van der Waals surface area contributed by atoms with E-state index in [-0.39, 0.29) is 0 Å². The van der Waals surface area contributed by atoms with Gasteiger partial charge in [0.2, 0.25) is 0 Å². The molecule has 0 saturated carbocycles. The van der Waals surface area contributed by atoms with Crippen molar-refractivity contribution in [2.45, 2.75) is 12.3 Å². The topological polar surface area (TPSA) is 38.0 Å². The van der Waals surface area contributed by atoms with Gasteiger partial charge in [0.25, 0.3) is 0 Å². The summed E-state index contributed by atoms with van der Waals surface area (Å²) in [6.45, 7) is 0.834. The van der Waals surface area contributed by atoms with E-state index in [2.05, 4.69) is 29.6 Å². The van der Waals surface area contributed by atoms with Crippen LogP contribution in [0.5, 0.6) is 0 Å². The van der Waals surface area contributed by atoms with Crippen LogP contribution in [0.2, 0.25) is 10.0 Å². The summed E-state index contributed by atoms with van der Waals surface area (Å²) in [5, 5.41) is 4.47. The predicted octanol–water partition coefficient (Wildman–Crippen LogP) is 4.33. The molecule has 0 amide bonds. The third-order valence-corrected chi connectivity index (χ3v) is 4.15. The molecule has 2 aromatic rings. The Balaban J connectivity index is 1.72. The van der Waals surface area contributed by atoms with Crippen molar-refractivity contribution < 1.29 is 0 Å². The smallest absolute Gasteiger partial charge is 0.0720 e. The van der Waals surface area contributed by atoms with Gasteiger partial charge >= 0.3 is 0 Å². The maximum Gasteiger partial charge on any atom is 0.0720 e. The van der Waals surface area contributed by atoms with E-state index >= 15 is 0 Å². The molecule has 3 rings (SSSR count). The molecule has 1 aliphatic carbocycles. The average molecular weight is 293 g/mol. The lowest BCUT2D eigenvalue weighted by Gasteiger charge is -2.30. The molecule has 1 aliphatic rings. The fourth-order valence-electron chi connectivity index (χ4n) is 2.53. The number of nitrogen functional groups attached to an aromatic ring is 1. The van der Waals surface area contributed by atoms with E-state index in [0.29, 0.717) is 21.7 Å². The number of fused-ring (bicyclic) bond motifs is 1. The minimum absolute atomic E-state index is 0.529. The van der Waals surface area contributed by atoms with Gasteiger partial charge in [-0.25, -0.2) is 0 Å². The van der Waals surface area contributed by atoms with Crippen LogP contribution in [0.15, 0.2) is 36.4 Å². The molecule has 0 radical (unpaired) electrons. The van der Waals surface area contributed by atoms with E-state index in [4.69, 9.17) is 28.9 Å². The highest BCUT2D eigenvalue weighted by molar-refractivity contribution is 6.39. The van der Waals surface area contributed by atoms with Crippen LogP contribution in [0.3, 0.4) is 0 Å². The third-order valence-electron chi connectivity index (χ3n) is 3.55. The second-order valence-electron chi connectivity index (χ2n) is 4.84. The van der Waals surface area contributed by atoms with Crippen LogP contribution in [-0.2, 0) is 6.42 Å². The minimum Gasteiger partial charge on any atom is -0.399 e. The van der Waals surface area contributed by atoms with Crippen molar-refractivity contribution in [2.75, 3.05) is 17.6 Å². The Morgan fingerprint density at radius 1 is 1.16 bits per heavy atom. The highest BCUT2D eigenvalue weighted by Crippen LogP contribution is 2.37. The molecule has 0 aromatic heterocycles. The van der Waals surface area contributed by atoms with Crippen molar-refractivity contribution in [3.63, 3.8) is 0 Å². The number of nitrogens with one attached hydrogen (secondary N) is 1. The molecule has 98 valence electrons. The lowest BCUT2D eigenvalue weighted by atomic mass is 9.77. The molecule has 0 heterocycles. The van der Waals surface area contributed by atoms with Crippen molar-refractivity contribution in [1.82, 2.24) is 0 Å². The first kappa shape index (κ1) is 12.6. The average Bonchev–Trinajstić information content (AvgIpc) is 2.33. The van der Waals surface area contributed by atoms with Crippen LogP contribution in [0, 0.1) is 0 Å². The first-order chi connectivity index (χ1) is 9.15. The fraction of sp³-hybridized carbons (Fsp3) is 0.200. The van der Waals surface area contributed by atoms with Gasteiger partial charge in [-0.3, -0.25) is 0 Å². The molecular formula is C15H14Cl2N2. The van der Waals surface area contributed by atoms with Crippen LogP contribution in [0.4, 0.5) is 11.4 Å². The molecule has 3 N–H and O–H groups in total. The minimum atomic E-state index is 0.529. The van der Waals surface area contributed by atoms with Gasteiger partial charge in [0.05, 0.1) is 15.7 Å². The van der Waals surface area contributed by atoms with E-state index < -0.39 is 0 Å². The van der Waals surface area contributed by atoms with E-state index in [1.54, 1.807) is 12.1 Å². The van der Waals surface area contributed by atoms with Gasteiger partial charge in [-0.2, -0.15) is 0 Å². The maximum absolute atomic E-state index is 6.15. The second-order valence-corrected chi connectivity index (χ2v) is 5.65. The number of hydrogen-bond donors (Lipinski definition) is 2. The molecule has 19 heavy (non-hydrogen) atoms. The van der Waals surface area contributed by atoms with E-state index in [9.17, 15) is 0 Å². The number of nitrogens with two attached hydrogens (primary N) is 1. The molecule has 0 fully saturated rings. The lowest BCUT2D eigenvalue weighted by molar-refractivity contribution is 0.636. The summed E-state index contributed by atoms with van der Waals surface area (Å²) in [6.07, 6.45) is 1.10. The van der Waals surface area contributed by atoms with Crippen LogP contribution in [-0.4, -0.2) is 6.54 Å². The number of hydrogen-bond acceptors (Lipinski definition) is 2. The summed E-state index contributed by atoms with van der Waals surface area (Å²) in [6, 6.07) is 11.9. The third kappa shape index (κ3) is 2.38. The van der Waals surface area contributed by atoms with Gasteiger partial charge in [-0.15, -0.1) is 0 Å². The first-order valence-corrected chi connectivity index (χ1v) is 6.97. The quantitative estimate of drug-likeness (QED) is 0.827. The number of halogens is 2. The molecule has 1 atom stereocenters. The Kier molecular flexibility index (Phi) is 3.29. The summed E-state index contributed by atoms with van der Waals surface area (Å²) in [5.74, 6) is 0.529. The van der Waals surface area contributed by atoms with Gasteiger partial charge in [0, 0.05) is 18.2 Å².